The first-order valence-electron chi connectivity index (χ1n) is 10.6. The Balaban J connectivity index is 1.63. The zero-order valence-corrected chi connectivity index (χ0v) is 19.1. The standard InChI is InChI=1S/C22H23F3N4O4S/c1-33-19-10-9-15(34(31,32)28-11-5-2-6-12-28)13-17(19)26-20(30)14-29-18-8-4-3-7-16(18)27-21(29)22(23,24)25/h3-4,7-10,13H,2,5-6,11-12,14H2,1H3,(H,26,30). The number of aromatic nitrogens is 2. The highest BCUT2D eigenvalue weighted by molar-refractivity contribution is 7.89. The van der Waals surface area contributed by atoms with Crippen molar-refractivity contribution in [2.45, 2.75) is 36.9 Å². The molecule has 1 fully saturated rings. The van der Waals surface area contributed by atoms with Crippen LogP contribution in [0.1, 0.15) is 25.1 Å². The number of anilines is 1. The van der Waals surface area contributed by atoms with E-state index in [9.17, 15) is 26.4 Å². The van der Waals surface area contributed by atoms with E-state index in [0.29, 0.717) is 13.1 Å². The highest BCUT2D eigenvalue weighted by Crippen LogP contribution is 2.33. The van der Waals surface area contributed by atoms with E-state index in [4.69, 9.17) is 4.74 Å². The Morgan fingerprint density at radius 2 is 1.82 bits per heavy atom. The maximum Gasteiger partial charge on any atom is 0.449 e. The number of sulfonamides is 1. The molecular weight excluding hydrogens is 473 g/mol. The van der Waals surface area contributed by atoms with Gasteiger partial charge in [0.25, 0.3) is 0 Å². The van der Waals surface area contributed by atoms with Crippen LogP contribution in [0.2, 0.25) is 0 Å². The molecule has 0 unspecified atom stereocenters. The van der Waals surface area contributed by atoms with Gasteiger partial charge in [-0.05, 0) is 43.2 Å². The fraction of sp³-hybridized carbons (Fsp3) is 0.364. The SMILES string of the molecule is COc1ccc(S(=O)(=O)N2CCCCC2)cc1NC(=O)Cn1c(C(F)(F)F)nc2ccccc21. The van der Waals surface area contributed by atoms with Gasteiger partial charge in [0.2, 0.25) is 21.8 Å². The summed E-state index contributed by atoms with van der Waals surface area (Å²) >= 11 is 0. The Bertz CT molecular complexity index is 1320. The van der Waals surface area contributed by atoms with Crippen molar-refractivity contribution in [1.82, 2.24) is 13.9 Å². The summed E-state index contributed by atoms with van der Waals surface area (Å²) in [5, 5.41) is 2.50. The Morgan fingerprint density at radius 1 is 1.12 bits per heavy atom. The number of amides is 1. The van der Waals surface area contributed by atoms with E-state index in [1.54, 1.807) is 12.1 Å². The van der Waals surface area contributed by atoms with Crippen molar-refractivity contribution < 1.29 is 31.1 Å². The van der Waals surface area contributed by atoms with Crippen LogP contribution in [0.3, 0.4) is 0 Å². The molecule has 0 radical (unpaired) electrons. The fourth-order valence-corrected chi connectivity index (χ4v) is 5.53. The summed E-state index contributed by atoms with van der Waals surface area (Å²) in [5.41, 5.74) is 0.303. The normalized spacial score (nSPS) is 15.4. The Kier molecular flexibility index (Phi) is 6.54. The number of benzene rings is 2. The number of nitrogens with one attached hydrogen (secondary N) is 1. The molecule has 2 aromatic carbocycles. The first-order chi connectivity index (χ1) is 16.1. The molecule has 4 rings (SSSR count). The van der Waals surface area contributed by atoms with Gasteiger partial charge < -0.3 is 14.6 Å². The van der Waals surface area contributed by atoms with Crippen LogP contribution in [-0.4, -0.2) is 48.4 Å². The molecule has 1 aromatic heterocycles. The van der Waals surface area contributed by atoms with Gasteiger partial charge in [-0.15, -0.1) is 0 Å². The lowest BCUT2D eigenvalue weighted by Gasteiger charge is -2.26. The molecule has 0 spiro atoms. The summed E-state index contributed by atoms with van der Waals surface area (Å²) in [6.07, 6.45) is -2.28. The van der Waals surface area contributed by atoms with Gasteiger partial charge >= 0.3 is 6.18 Å². The summed E-state index contributed by atoms with van der Waals surface area (Å²) in [7, 11) is -2.45. The molecular formula is C22H23F3N4O4S. The van der Waals surface area contributed by atoms with Crippen LogP contribution in [0.5, 0.6) is 5.75 Å². The number of piperidine rings is 1. The molecule has 1 amide bonds. The fourth-order valence-electron chi connectivity index (χ4n) is 3.98. The number of para-hydroxylation sites is 2. The van der Waals surface area contributed by atoms with Gasteiger partial charge in [-0.3, -0.25) is 4.79 Å². The van der Waals surface area contributed by atoms with Gasteiger partial charge in [-0.1, -0.05) is 18.6 Å². The Labute approximate surface area is 194 Å². The van der Waals surface area contributed by atoms with Gasteiger partial charge in [0.1, 0.15) is 12.3 Å². The number of carbonyl (C=O) groups excluding carboxylic acids is 1. The Hall–Kier alpha value is -3.12. The monoisotopic (exact) mass is 496 g/mol. The van der Waals surface area contributed by atoms with Crippen LogP contribution in [0.15, 0.2) is 47.4 Å². The summed E-state index contributed by atoms with van der Waals surface area (Å²) in [4.78, 5) is 16.4. The second-order valence-electron chi connectivity index (χ2n) is 7.88. The summed E-state index contributed by atoms with van der Waals surface area (Å²) in [6.45, 7) is 0.134. The van der Waals surface area contributed by atoms with E-state index in [-0.39, 0.29) is 27.4 Å². The van der Waals surface area contributed by atoms with Crippen molar-refractivity contribution in [3.8, 4) is 5.75 Å². The highest BCUT2D eigenvalue weighted by Gasteiger charge is 2.38. The van der Waals surface area contributed by atoms with E-state index in [2.05, 4.69) is 10.3 Å². The minimum Gasteiger partial charge on any atom is -0.495 e. The minimum atomic E-state index is -4.76. The zero-order chi connectivity index (χ0) is 24.5. The summed E-state index contributed by atoms with van der Waals surface area (Å²) in [5.74, 6) is -1.81. The maximum atomic E-state index is 13.5. The molecule has 0 atom stereocenters. The third kappa shape index (κ3) is 4.73. The van der Waals surface area contributed by atoms with E-state index in [1.165, 1.54) is 41.7 Å². The van der Waals surface area contributed by atoms with Crippen molar-refractivity contribution in [1.29, 1.82) is 0 Å². The number of hydrogen-bond acceptors (Lipinski definition) is 5. The molecule has 8 nitrogen and oxygen atoms in total. The number of halogens is 3. The minimum absolute atomic E-state index is 0.0328. The predicted octanol–water partition coefficient (Wildman–Crippen LogP) is 3.88. The third-order valence-electron chi connectivity index (χ3n) is 5.61. The number of alkyl halides is 3. The second-order valence-corrected chi connectivity index (χ2v) is 9.82. The van der Waals surface area contributed by atoms with Crippen LogP contribution in [0.4, 0.5) is 18.9 Å². The number of rotatable bonds is 6. The number of imidazole rings is 1. The van der Waals surface area contributed by atoms with Gasteiger partial charge in [0.05, 0.1) is 28.7 Å². The van der Waals surface area contributed by atoms with Crippen LogP contribution in [0.25, 0.3) is 11.0 Å². The molecule has 1 N–H and O–H groups in total. The summed E-state index contributed by atoms with van der Waals surface area (Å²) < 4.78 is 74.0. The number of hydrogen-bond donors (Lipinski definition) is 1. The van der Waals surface area contributed by atoms with Crippen molar-refractivity contribution in [2.75, 3.05) is 25.5 Å². The quantitative estimate of drug-likeness (QED) is 0.559. The van der Waals surface area contributed by atoms with Crippen molar-refractivity contribution >= 4 is 32.7 Å². The predicted molar refractivity (Wildman–Crippen MR) is 119 cm³/mol. The number of carbonyl (C=O) groups is 1. The maximum absolute atomic E-state index is 13.5. The molecule has 0 saturated carbocycles. The van der Waals surface area contributed by atoms with Crippen molar-refractivity contribution in [3.63, 3.8) is 0 Å². The molecule has 0 bridgehead atoms. The van der Waals surface area contributed by atoms with Crippen LogP contribution >= 0.6 is 0 Å². The lowest BCUT2D eigenvalue weighted by molar-refractivity contribution is -0.147. The second kappa shape index (κ2) is 9.26. The van der Waals surface area contributed by atoms with Crippen LogP contribution in [-0.2, 0) is 27.5 Å². The van der Waals surface area contributed by atoms with Crippen molar-refractivity contribution in [3.05, 3.63) is 48.3 Å². The molecule has 1 aliphatic heterocycles. The van der Waals surface area contributed by atoms with Gasteiger partial charge in [0.15, 0.2) is 0 Å². The molecule has 0 aliphatic carbocycles. The van der Waals surface area contributed by atoms with Gasteiger partial charge in [-0.25, -0.2) is 13.4 Å². The lowest BCUT2D eigenvalue weighted by atomic mass is 10.2. The number of methoxy groups -OCH3 is 1. The number of fused-ring (bicyclic) bond motifs is 1. The molecule has 3 aromatic rings. The third-order valence-corrected chi connectivity index (χ3v) is 7.50. The zero-order valence-electron chi connectivity index (χ0n) is 18.3. The van der Waals surface area contributed by atoms with Crippen molar-refractivity contribution in [2.24, 2.45) is 0 Å². The molecule has 34 heavy (non-hydrogen) atoms. The molecule has 182 valence electrons. The molecule has 1 aliphatic rings. The van der Waals surface area contributed by atoms with E-state index in [0.717, 1.165) is 23.8 Å². The molecule has 12 heteroatoms. The first-order valence-corrected chi connectivity index (χ1v) is 12.1. The van der Waals surface area contributed by atoms with Gasteiger partial charge in [0, 0.05) is 13.1 Å². The van der Waals surface area contributed by atoms with Gasteiger partial charge in [-0.2, -0.15) is 17.5 Å². The average molecular weight is 497 g/mol. The number of nitrogens with zero attached hydrogens (tertiary/aromatic N) is 3. The largest absolute Gasteiger partial charge is 0.495 e. The Morgan fingerprint density at radius 3 is 2.50 bits per heavy atom. The van der Waals surface area contributed by atoms with Crippen LogP contribution < -0.4 is 10.1 Å². The molecule has 1 saturated heterocycles. The average Bonchev–Trinajstić information content (AvgIpc) is 3.18. The first kappa shape index (κ1) is 24.0. The van der Waals surface area contributed by atoms with E-state index >= 15 is 0 Å². The van der Waals surface area contributed by atoms with E-state index < -0.39 is 34.5 Å². The lowest BCUT2D eigenvalue weighted by Crippen LogP contribution is -2.35. The topological polar surface area (TPSA) is 93.5 Å². The van der Waals surface area contributed by atoms with Crippen LogP contribution in [0, 0.1) is 0 Å². The summed E-state index contributed by atoms with van der Waals surface area (Å²) in [6, 6.07) is 10.0. The number of ether oxygens (including phenoxy) is 1. The smallest absolute Gasteiger partial charge is 0.449 e. The van der Waals surface area contributed by atoms with E-state index in [1.807, 2.05) is 0 Å². The molecule has 2 heterocycles. The highest BCUT2D eigenvalue weighted by atomic mass is 32.2.